The summed E-state index contributed by atoms with van der Waals surface area (Å²) in [6.07, 6.45) is 0.863. The first-order chi connectivity index (χ1) is 14.5. The molecule has 0 bridgehead atoms. The summed E-state index contributed by atoms with van der Waals surface area (Å²) in [6.45, 7) is 0. The Morgan fingerprint density at radius 1 is 1.03 bits per heavy atom. The first-order valence-electron chi connectivity index (χ1n) is 9.74. The van der Waals surface area contributed by atoms with Crippen molar-refractivity contribution in [1.82, 2.24) is 0 Å². The number of carbonyl (C=O) groups excluding carboxylic acids is 2. The SMILES string of the molecule is COC(=O)C1=C(N)OC2=C(C(=O)CC(c3ccccc3)C2)C1c1cccc(OC)c1. The van der Waals surface area contributed by atoms with E-state index in [-0.39, 0.29) is 23.2 Å². The molecule has 6 heteroatoms. The number of rotatable bonds is 4. The number of allylic oxidation sites excluding steroid dienone is 2. The van der Waals surface area contributed by atoms with E-state index in [1.165, 1.54) is 7.11 Å². The highest BCUT2D eigenvalue weighted by atomic mass is 16.5. The smallest absolute Gasteiger partial charge is 0.340 e. The van der Waals surface area contributed by atoms with Crippen LogP contribution in [0.1, 0.15) is 35.8 Å². The van der Waals surface area contributed by atoms with Crippen LogP contribution < -0.4 is 10.5 Å². The average molecular weight is 405 g/mol. The summed E-state index contributed by atoms with van der Waals surface area (Å²) < 4.78 is 16.1. The molecule has 2 N–H and O–H groups in total. The number of nitrogens with two attached hydrogens (primary N) is 1. The number of ketones is 1. The minimum Gasteiger partial charge on any atom is -0.497 e. The first-order valence-corrected chi connectivity index (χ1v) is 9.74. The molecule has 2 aromatic rings. The Bertz CT molecular complexity index is 1050. The molecule has 6 nitrogen and oxygen atoms in total. The van der Waals surface area contributed by atoms with Gasteiger partial charge in [-0.15, -0.1) is 0 Å². The zero-order valence-electron chi connectivity index (χ0n) is 16.9. The van der Waals surface area contributed by atoms with Gasteiger partial charge in [-0.1, -0.05) is 42.5 Å². The van der Waals surface area contributed by atoms with Gasteiger partial charge in [-0.2, -0.15) is 0 Å². The van der Waals surface area contributed by atoms with E-state index in [1.807, 2.05) is 42.5 Å². The van der Waals surface area contributed by atoms with Crippen molar-refractivity contribution < 1.29 is 23.8 Å². The Morgan fingerprint density at radius 2 is 1.77 bits per heavy atom. The number of carbonyl (C=O) groups is 2. The second kappa shape index (κ2) is 8.06. The Morgan fingerprint density at radius 3 is 2.47 bits per heavy atom. The van der Waals surface area contributed by atoms with Crippen molar-refractivity contribution in [3.05, 3.63) is 88.5 Å². The van der Waals surface area contributed by atoms with Gasteiger partial charge in [0.1, 0.15) is 17.1 Å². The number of esters is 1. The van der Waals surface area contributed by atoms with Crippen LogP contribution in [-0.2, 0) is 19.1 Å². The summed E-state index contributed by atoms with van der Waals surface area (Å²) in [5, 5.41) is 0. The van der Waals surface area contributed by atoms with Crippen molar-refractivity contribution in [2.45, 2.75) is 24.7 Å². The summed E-state index contributed by atoms with van der Waals surface area (Å²) in [5.41, 5.74) is 8.56. The van der Waals surface area contributed by atoms with E-state index >= 15 is 0 Å². The van der Waals surface area contributed by atoms with E-state index in [1.54, 1.807) is 19.2 Å². The monoisotopic (exact) mass is 405 g/mol. The fourth-order valence-electron chi connectivity index (χ4n) is 4.23. The standard InChI is InChI=1S/C24H23NO5/c1-28-17-10-6-9-15(11-17)20-21-18(26)12-16(14-7-4-3-5-8-14)13-19(21)30-23(25)22(20)24(27)29-2/h3-11,16,20H,12-13,25H2,1-2H3. The van der Waals surface area contributed by atoms with Crippen LogP contribution in [0.4, 0.5) is 0 Å². The van der Waals surface area contributed by atoms with Crippen molar-refractivity contribution >= 4 is 11.8 Å². The third kappa shape index (κ3) is 3.45. The molecule has 2 atom stereocenters. The largest absolute Gasteiger partial charge is 0.497 e. The van der Waals surface area contributed by atoms with Crippen LogP contribution in [0.5, 0.6) is 5.75 Å². The number of benzene rings is 2. The predicted octanol–water partition coefficient (Wildman–Crippen LogP) is 3.55. The Balaban J connectivity index is 1.82. The van der Waals surface area contributed by atoms with Gasteiger partial charge in [-0.3, -0.25) is 4.79 Å². The van der Waals surface area contributed by atoms with Gasteiger partial charge in [0.2, 0.25) is 5.88 Å². The predicted molar refractivity (Wildman–Crippen MR) is 110 cm³/mol. The van der Waals surface area contributed by atoms with E-state index in [0.717, 1.165) is 11.1 Å². The number of ether oxygens (including phenoxy) is 3. The topological polar surface area (TPSA) is 87.9 Å². The van der Waals surface area contributed by atoms with Gasteiger partial charge in [0.25, 0.3) is 0 Å². The van der Waals surface area contributed by atoms with Crippen molar-refractivity contribution in [3.8, 4) is 5.75 Å². The zero-order valence-corrected chi connectivity index (χ0v) is 16.9. The molecule has 1 aliphatic carbocycles. The van der Waals surface area contributed by atoms with Crippen LogP contribution in [0, 0.1) is 0 Å². The lowest BCUT2D eigenvalue weighted by Crippen LogP contribution is -2.32. The second-order valence-electron chi connectivity index (χ2n) is 7.36. The van der Waals surface area contributed by atoms with Crippen LogP contribution in [0.15, 0.2) is 77.4 Å². The molecule has 1 aliphatic heterocycles. The Labute approximate surface area is 174 Å². The van der Waals surface area contributed by atoms with E-state index in [2.05, 4.69) is 0 Å². The highest BCUT2D eigenvalue weighted by Crippen LogP contribution is 2.47. The molecule has 0 aromatic heterocycles. The van der Waals surface area contributed by atoms with Crippen molar-refractivity contribution in [2.75, 3.05) is 14.2 Å². The van der Waals surface area contributed by atoms with Crippen molar-refractivity contribution in [3.63, 3.8) is 0 Å². The second-order valence-corrected chi connectivity index (χ2v) is 7.36. The maximum absolute atomic E-state index is 13.3. The lowest BCUT2D eigenvalue weighted by molar-refractivity contribution is -0.136. The van der Waals surface area contributed by atoms with Gasteiger partial charge in [-0.05, 0) is 29.2 Å². The van der Waals surface area contributed by atoms with Crippen LogP contribution >= 0.6 is 0 Å². The lowest BCUT2D eigenvalue weighted by atomic mass is 9.73. The van der Waals surface area contributed by atoms with Crippen LogP contribution in [0.3, 0.4) is 0 Å². The maximum Gasteiger partial charge on any atom is 0.340 e. The fraction of sp³-hybridized carbons (Fsp3) is 0.250. The lowest BCUT2D eigenvalue weighted by Gasteiger charge is -2.35. The molecule has 0 spiro atoms. The molecule has 0 fully saturated rings. The Kier molecular flexibility index (Phi) is 5.31. The third-order valence-corrected chi connectivity index (χ3v) is 5.64. The molecule has 4 rings (SSSR count). The molecule has 2 aliphatic rings. The first kappa shape index (κ1) is 19.8. The van der Waals surface area contributed by atoms with Crippen molar-refractivity contribution in [1.29, 1.82) is 0 Å². The zero-order chi connectivity index (χ0) is 21.3. The van der Waals surface area contributed by atoms with Gasteiger partial charge in [-0.25, -0.2) is 4.79 Å². The summed E-state index contributed by atoms with van der Waals surface area (Å²) in [6, 6.07) is 17.1. The van der Waals surface area contributed by atoms with Gasteiger partial charge in [0, 0.05) is 18.4 Å². The summed E-state index contributed by atoms with van der Waals surface area (Å²) >= 11 is 0. The van der Waals surface area contributed by atoms with E-state index in [0.29, 0.717) is 29.9 Å². The highest BCUT2D eigenvalue weighted by Gasteiger charge is 2.43. The molecule has 2 unspecified atom stereocenters. The molecular formula is C24H23NO5. The number of hydrogen-bond donors (Lipinski definition) is 1. The summed E-state index contributed by atoms with van der Waals surface area (Å²) in [7, 11) is 2.85. The Hall–Kier alpha value is -3.54. The molecule has 2 aromatic carbocycles. The minimum atomic E-state index is -0.666. The fourth-order valence-corrected chi connectivity index (χ4v) is 4.23. The van der Waals surface area contributed by atoms with Gasteiger partial charge >= 0.3 is 5.97 Å². The quantitative estimate of drug-likeness (QED) is 0.783. The maximum atomic E-state index is 13.3. The minimum absolute atomic E-state index is 0.00381. The molecule has 1 heterocycles. The molecule has 0 saturated heterocycles. The summed E-state index contributed by atoms with van der Waals surface area (Å²) in [4.78, 5) is 25.9. The third-order valence-electron chi connectivity index (χ3n) is 5.64. The molecule has 30 heavy (non-hydrogen) atoms. The molecular weight excluding hydrogens is 382 g/mol. The van der Waals surface area contributed by atoms with Crippen LogP contribution in [-0.4, -0.2) is 26.0 Å². The van der Waals surface area contributed by atoms with Crippen LogP contribution in [0.2, 0.25) is 0 Å². The van der Waals surface area contributed by atoms with E-state index in [9.17, 15) is 9.59 Å². The normalized spacial score (nSPS) is 21.1. The number of Topliss-reactive ketones (excluding diaryl/α,β-unsaturated/α-hetero) is 1. The van der Waals surface area contributed by atoms with Gasteiger partial charge in [0.15, 0.2) is 5.78 Å². The van der Waals surface area contributed by atoms with E-state index < -0.39 is 11.9 Å². The van der Waals surface area contributed by atoms with Crippen LogP contribution in [0.25, 0.3) is 0 Å². The molecule has 0 amide bonds. The molecule has 0 saturated carbocycles. The van der Waals surface area contributed by atoms with Gasteiger partial charge < -0.3 is 19.9 Å². The number of methoxy groups -OCH3 is 2. The molecule has 154 valence electrons. The molecule has 0 radical (unpaired) electrons. The number of hydrogen-bond acceptors (Lipinski definition) is 6. The van der Waals surface area contributed by atoms with Gasteiger partial charge in [0.05, 0.1) is 20.1 Å². The summed E-state index contributed by atoms with van der Waals surface area (Å²) in [5.74, 6) is -0.254. The van der Waals surface area contributed by atoms with E-state index in [4.69, 9.17) is 19.9 Å². The highest BCUT2D eigenvalue weighted by molar-refractivity contribution is 6.03. The van der Waals surface area contributed by atoms with Crippen molar-refractivity contribution in [2.24, 2.45) is 5.73 Å². The average Bonchev–Trinajstić information content (AvgIpc) is 2.78.